The Balaban J connectivity index is 1.76. The van der Waals surface area contributed by atoms with Crippen molar-refractivity contribution in [3.8, 4) is 0 Å². The Morgan fingerprint density at radius 1 is 0.935 bits per heavy atom. The lowest BCUT2D eigenvalue weighted by atomic mass is 9.82. The van der Waals surface area contributed by atoms with Crippen molar-refractivity contribution in [2.75, 3.05) is 19.6 Å². The Hall–Kier alpha value is -1.14. The summed E-state index contributed by atoms with van der Waals surface area (Å²) in [6, 6.07) is -0.0323. The molecule has 180 valence electrons. The van der Waals surface area contributed by atoms with Crippen molar-refractivity contribution in [1.82, 2.24) is 16.0 Å². The third-order valence-corrected chi connectivity index (χ3v) is 7.15. The Bertz CT molecular complexity index is 500. The van der Waals surface area contributed by atoms with Crippen molar-refractivity contribution >= 4 is 11.8 Å². The normalized spacial score (nSPS) is 25.0. The summed E-state index contributed by atoms with van der Waals surface area (Å²) in [5.41, 5.74) is 5.55. The average molecular weight is 437 g/mol. The number of piperidine rings is 1. The monoisotopic (exact) mass is 436 g/mol. The Morgan fingerprint density at radius 3 is 2.26 bits per heavy atom. The molecule has 6 nitrogen and oxygen atoms in total. The van der Waals surface area contributed by atoms with Gasteiger partial charge < -0.3 is 21.7 Å². The zero-order valence-electron chi connectivity index (χ0n) is 19.9. The first-order valence-corrected chi connectivity index (χ1v) is 13.1. The molecule has 0 spiro atoms. The topological polar surface area (TPSA) is 96.2 Å². The molecule has 1 saturated carbocycles. The van der Waals surface area contributed by atoms with Crippen LogP contribution in [0.4, 0.5) is 0 Å². The van der Waals surface area contributed by atoms with Gasteiger partial charge in [0.15, 0.2) is 0 Å². The van der Waals surface area contributed by atoms with Gasteiger partial charge in [0.25, 0.3) is 0 Å². The zero-order chi connectivity index (χ0) is 22.3. The van der Waals surface area contributed by atoms with E-state index in [4.69, 9.17) is 5.73 Å². The lowest BCUT2D eigenvalue weighted by molar-refractivity contribution is -0.132. The van der Waals surface area contributed by atoms with Gasteiger partial charge in [0.2, 0.25) is 11.8 Å². The molecular formula is C25H48N4O2. The molecule has 0 aromatic heterocycles. The number of carbonyl (C=O) groups is 2. The number of hydrogen-bond acceptors (Lipinski definition) is 4. The smallest absolute Gasteiger partial charge is 0.242 e. The van der Waals surface area contributed by atoms with Crippen molar-refractivity contribution in [3.63, 3.8) is 0 Å². The van der Waals surface area contributed by atoms with Gasteiger partial charge in [0.05, 0.1) is 0 Å². The molecule has 2 fully saturated rings. The second-order valence-corrected chi connectivity index (χ2v) is 9.96. The number of hydrogen-bond donors (Lipinski definition) is 4. The number of nitrogens with two attached hydrogens (primary N) is 1. The Labute approximate surface area is 190 Å². The molecule has 0 bridgehead atoms. The van der Waals surface area contributed by atoms with E-state index in [1.54, 1.807) is 0 Å². The fraction of sp³-hybridized carbons (Fsp3) is 0.920. The molecule has 0 radical (unpaired) electrons. The quantitative estimate of drug-likeness (QED) is 0.313. The first-order valence-electron chi connectivity index (χ1n) is 13.1. The largest absolute Gasteiger partial charge is 0.353 e. The van der Waals surface area contributed by atoms with Crippen LogP contribution in [0.1, 0.15) is 103 Å². The van der Waals surface area contributed by atoms with Crippen molar-refractivity contribution in [1.29, 1.82) is 0 Å². The first-order chi connectivity index (χ1) is 15.1. The van der Waals surface area contributed by atoms with Crippen molar-refractivity contribution in [3.05, 3.63) is 0 Å². The van der Waals surface area contributed by atoms with Gasteiger partial charge in [-0.05, 0) is 70.4 Å². The third-order valence-electron chi connectivity index (χ3n) is 7.15. The van der Waals surface area contributed by atoms with E-state index < -0.39 is 6.04 Å². The molecular weight excluding hydrogens is 388 g/mol. The molecule has 1 saturated heterocycles. The Kier molecular flexibility index (Phi) is 13.2. The average Bonchev–Trinajstić information content (AvgIpc) is 2.79. The molecule has 2 atom stereocenters. The van der Waals surface area contributed by atoms with E-state index in [1.807, 2.05) is 0 Å². The summed E-state index contributed by atoms with van der Waals surface area (Å²) in [5, 5.41) is 9.72. The van der Waals surface area contributed by atoms with E-state index in [0.717, 1.165) is 76.8 Å². The van der Waals surface area contributed by atoms with E-state index in [9.17, 15) is 9.59 Å². The van der Waals surface area contributed by atoms with E-state index in [2.05, 4.69) is 22.9 Å². The van der Waals surface area contributed by atoms with Crippen LogP contribution in [0, 0.1) is 11.8 Å². The van der Waals surface area contributed by atoms with Gasteiger partial charge in [-0.3, -0.25) is 9.59 Å². The maximum Gasteiger partial charge on any atom is 0.242 e. The minimum Gasteiger partial charge on any atom is -0.353 e. The highest BCUT2D eigenvalue weighted by molar-refractivity contribution is 5.88. The summed E-state index contributed by atoms with van der Waals surface area (Å²) >= 11 is 0. The van der Waals surface area contributed by atoms with Crippen molar-refractivity contribution in [2.45, 2.75) is 115 Å². The summed E-state index contributed by atoms with van der Waals surface area (Å²) in [7, 11) is 0. The van der Waals surface area contributed by atoms with Crippen molar-refractivity contribution < 1.29 is 9.59 Å². The predicted molar refractivity (Wildman–Crippen MR) is 128 cm³/mol. The molecule has 1 aliphatic carbocycles. The van der Waals surface area contributed by atoms with Crippen LogP contribution in [0.3, 0.4) is 0 Å². The minimum absolute atomic E-state index is 0.00662. The molecule has 1 aliphatic heterocycles. The summed E-state index contributed by atoms with van der Waals surface area (Å²) in [4.78, 5) is 25.8. The van der Waals surface area contributed by atoms with Crippen LogP contribution in [0.2, 0.25) is 0 Å². The number of unbranched alkanes of at least 4 members (excludes halogenated alkanes) is 6. The number of nitrogens with one attached hydrogen (secondary N) is 3. The number of carbonyl (C=O) groups excluding carboxylic acids is 2. The van der Waals surface area contributed by atoms with Gasteiger partial charge >= 0.3 is 0 Å². The first kappa shape index (κ1) is 26.1. The van der Waals surface area contributed by atoms with E-state index in [0.29, 0.717) is 12.6 Å². The molecule has 2 unspecified atom stereocenters. The van der Waals surface area contributed by atoms with Crippen LogP contribution in [0.15, 0.2) is 0 Å². The molecule has 0 aromatic carbocycles. The molecule has 6 heteroatoms. The fourth-order valence-corrected chi connectivity index (χ4v) is 4.90. The lowest BCUT2D eigenvalue weighted by Crippen LogP contribution is -2.51. The van der Waals surface area contributed by atoms with E-state index in [-0.39, 0.29) is 17.7 Å². The summed E-state index contributed by atoms with van der Waals surface area (Å²) < 4.78 is 0. The van der Waals surface area contributed by atoms with E-state index in [1.165, 1.54) is 38.5 Å². The highest BCUT2D eigenvalue weighted by Crippen LogP contribution is 2.28. The van der Waals surface area contributed by atoms with Crippen LogP contribution in [-0.2, 0) is 9.59 Å². The van der Waals surface area contributed by atoms with Gasteiger partial charge in [-0.25, -0.2) is 0 Å². The van der Waals surface area contributed by atoms with Gasteiger partial charge in [0, 0.05) is 18.5 Å². The van der Waals surface area contributed by atoms with Gasteiger partial charge in [0.1, 0.15) is 6.04 Å². The lowest BCUT2D eigenvalue weighted by Gasteiger charge is -2.28. The van der Waals surface area contributed by atoms with Crippen LogP contribution in [0.25, 0.3) is 0 Å². The maximum absolute atomic E-state index is 12.9. The maximum atomic E-state index is 12.9. The van der Waals surface area contributed by atoms with Crippen LogP contribution in [-0.4, -0.2) is 43.5 Å². The SMILES string of the molecule is CC1CCC(C(=O)NC(CCCCCCCCCN)C(=O)NCC2CCCCN2)CC1. The zero-order valence-corrected chi connectivity index (χ0v) is 19.9. The minimum atomic E-state index is -0.396. The summed E-state index contributed by atoms with van der Waals surface area (Å²) in [6.07, 6.45) is 16.5. The van der Waals surface area contributed by atoms with Gasteiger partial charge in [-0.1, -0.05) is 51.9 Å². The molecule has 31 heavy (non-hydrogen) atoms. The molecule has 5 N–H and O–H groups in total. The summed E-state index contributed by atoms with van der Waals surface area (Å²) in [6.45, 7) is 4.74. The molecule has 2 rings (SSSR count). The highest BCUT2D eigenvalue weighted by Gasteiger charge is 2.28. The van der Waals surface area contributed by atoms with Crippen molar-refractivity contribution in [2.24, 2.45) is 17.6 Å². The van der Waals surface area contributed by atoms with Gasteiger partial charge in [-0.15, -0.1) is 0 Å². The Morgan fingerprint density at radius 2 is 1.61 bits per heavy atom. The van der Waals surface area contributed by atoms with Crippen LogP contribution >= 0.6 is 0 Å². The standard InChI is InChI=1S/C25H48N4O2/c1-20-13-15-21(16-14-20)24(30)29-23(12-7-5-3-2-4-6-9-17-26)25(31)28-19-22-11-8-10-18-27-22/h20-23,27H,2-19,26H2,1H3,(H,28,31)(H,29,30). The molecule has 1 heterocycles. The van der Waals surface area contributed by atoms with Gasteiger partial charge in [-0.2, -0.15) is 0 Å². The number of rotatable bonds is 14. The molecule has 0 aromatic rings. The fourth-order valence-electron chi connectivity index (χ4n) is 4.90. The van der Waals surface area contributed by atoms with Crippen LogP contribution < -0.4 is 21.7 Å². The highest BCUT2D eigenvalue weighted by atomic mass is 16.2. The van der Waals surface area contributed by atoms with E-state index >= 15 is 0 Å². The molecule has 2 amide bonds. The predicted octanol–water partition coefficient (Wildman–Crippen LogP) is 3.64. The number of amides is 2. The third kappa shape index (κ3) is 10.8. The molecule has 2 aliphatic rings. The summed E-state index contributed by atoms with van der Waals surface area (Å²) in [5.74, 6) is 0.877. The second-order valence-electron chi connectivity index (χ2n) is 9.96. The second kappa shape index (κ2) is 15.6. The van der Waals surface area contributed by atoms with Crippen LogP contribution in [0.5, 0.6) is 0 Å².